The van der Waals surface area contributed by atoms with E-state index < -0.39 is 5.41 Å². The molecular weight excluding hydrogens is 763 g/mol. The van der Waals surface area contributed by atoms with Crippen LogP contribution in [0.15, 0.2) is 213 Å². The van der Waals surface area contributed by atoms with Gasteiger partial charge in [0.05, 0.1) is 16.8 Å². The lowest BCUT2D eigenvalue weighted by Crippen LogP contribution is -2.30. The highest BCUT2D eigenvalue weighted by Gasteiger charge is 2.49. The lowest BCUT2D eigenvalue weighted by atomic mass is 9.65. The van der Waals surface area contributed by atoms with E-state index in [4.69, 9.17) is 9.97 Å². The first-order chi connectivity index (χ1) is 31.2. The van der Waals surface area contributed by atoms with Crippen LogP contribution in [0.3, 0.4) is 0 Å². The van der Waals surface area contributed by atoms with Crippen molar-refractivity contribution in [1.29, 1.82) is 0 Å². The van der Waals surface area contributed by atoms with Crippen LogP contribution in [0.4, 0.5) is 0 Å². The third-order valence-electron chi connectivity index (χ3n) is 13.4. The summed E-state index contributed by atoms with van der Waals surface area (Å²) in [5.41, 5.74) is 16.4. The second-order valence-electron chi connectivity index (χ2n) is 16.7. The Hall–Kier alpha value is -8.27. The predicted molar refractivity (Wildman–Crippen MR) is 260 cm³/mol. The lowest BCUT2D eigenvalue weighted by molar-refractivity contribution is 0.767. The predicted octanol–water partition coefficient (Wildman–Crippen LogP) is 14.8. The summed E-state index contributed by atoms with van der Waals surface area (Å²) >= 11 is 0. The van der Waals surface area contributed by atoms with Gasteiger partial charge in [-0.15, -0.1) is 0 Å². The quantitative estimate of drug-likeness (QED) is 0.166. The van der Waals surface area contributed by atoms with E-state index in [-0.39, 0.29) is 0 Å². The Morgan fingerprint density at radius 3 is 1.62 bits per heavy atom. The molecule has 1 atom stereocenters. The molecule has 9 aromatic carbocycles. The van der Waals surface area contributed by atoms with E-state index in [0.29, 0.717) is 5.82 Å². The Morgan fingerprint density at radius 2 is 0.889 bits per heavy atom. The van der Waals surface area contributed by atoms with Crippen LogP contribution in [0.25, 0.3) is 101 Å². The van der Waals surface area contributed by atoms with Crippen molar-refractivity contribution in [2.45, 2.75) is 5.41 Å². The van der Waals surface area contributed by atoms with E-state index in [0.717, 1.165) is 39.2 Å². The highest BCUT2D eigenvalue weighted by Crippen LogP contribution is 2.60. The molecule has 13 rings (SSSR count). The molecule has 292 valence electrons. The van der Waals surface area contributed by atoms with Gasteiger partial charge in [0.2, 0.25) is 0 Å². The number of hydrogen-bond acceptors (Lipinski definition) is 3. The van der Waals surface area contributed by atoms with Crippen molar-refractivity contribution in [3.05, 3.63) is 246 Å². The van der Waals surface area contributed by atoms with E-state index in [1.165, 1.54) is 76.8 Å². The Morgan fingerprint density at radius 1 is 0.317 bits per heavy atom. The standard InChI is InChI=1S/C60H37N3/c1-2-14-42(15-3-1)59-62-57(41-29-24-38(25-30-41)44-16-12-32-61-37-44)36-58(63-59)43-31-28-40-27-26-39-13-4-10-22-53(39)60(55(40)33-43)54-23-11-9-21-49(54)52-34-50-47-19-7-5-17-45(47)46-18-6-8-20-48(46)51(50)35-56(52)60/h1-37H. The summed E-state index contributed by atoms with van der Waals surface area (Å²) in [6, 6.07) is 73.0. The van der Waals surface area contributed by atoms with Crippen molar-refractivity contribution in [2.75, 3.05) is 0 Å². The van der Waals surface area contributed by atoms with Crippen molar-refractivity contribution in [3.63, 3.8) is 0 Å². The van der Waals surface area contributed by atoms with Crippen LogP contribution in [0.5, 0.6) is 0 Å². The average Bonchev–Trinajstić information content (AvgIpc) is 3.56. The SMILES string of the molecule is C1=Cc2ccc(-c3cc(-c4ccc(-c5cccnc5)cc4)nc(-c4ccccc4)n3)cc2C2(c3ccccc31)c1ccccc1-c1cc3c4ccccc4c4ccccc4c3cc12. The maximum Gasteiger partial charge on any atom is 0.160 e. The summed E-state index contributed by atoms with van der Waals surface area (Å²) in [4.78, 5) is 14.9. The van der Waals surface area contributed by atoms with Gasteiger partial charge in [-0.3, -0.25) is 4.98 Å². The molecule has 63 heavy (non-hydrogen) atoms. The van der Waals surface area contributed by atoms with E-state index >= 15 is 0 Å². The van der Waals surface area contributed by atoms with Gasteiger partial charge in [-0.2, -0.15) is 0 Å². The second-order valence-corrected chi connectivity index (χ2v) is 16.7. The fourth-order valence-corrected chi connectivity index (χ4v) is 10.6. The molecule has 0 amide bonds. The molecule has 0 saturated carbocycles. The zero-order valence-electron chi connectivity index (χ0n) is 34.2. The van der Waals surface area contributed by atoms with Gasteiger partial charge in [0, 0.05) is 29.1 Å². The number of benzene rings is 9. The molecule has 2 aromatic heterocycles. The maximum absolute atomic E-state index is 5.35. The number of hydrogen-bond donors (Lipinski definition) is 0. The third-order valence-corrected chi connectivity index (χ3v) is 13.4. The van der Waals surface area contributed by atoms with Crippen LogP contribution < -0.4 is 0 Å². The van der Waals surface area contributed by atoms with Gasteiger partial charge in [0.15, 0.2) is 5.82 Å². The molecule has 2 aliphatic rings. The number of fused-ring (bicyclic) bond motifs is 15. The zero-order valence-corrected chi connectivity index (χ0v) is 34.2. The summed E-state index contributed by atoms with van der Waals surface area (Å²) in [5.74, 6) is 0.691. The minimum atomic E-state index is -0.626. The van der Waals surface area contributed by atoms with Crippen molar-refractivity contribution in [2.24, 2.45) is 0 Å². The van der Waals surface area contributed by atoms with Crippen molar-refractivity contribution in [1.82, 2.24) is 15.0 Å². The first-order valence-corrected chi connectivity index (χ1v) is 21.6. The molecule has 0 fully saturated rings. The summed E-state index contributed by atoms with van der Waals surface area (Å²) in [5, 5.41) is 7.65. The van der Waals surface area contributed by atoms with Crippen LogP contribution in [0.1, 0.15) is 33.4 Å². The van der Waals surface area contributed by atoms with Crippen LogP contribution >= 0.6 is 0 Å². The molecule has 0 radical (unpaired) electrons. The second kappa shape index (κ2) is 13.9. The van der Waals surface area contributed by atoms with Crippen molar-refractivity contribution in [3.8, 4) is 56.2 Å². The minimum Gasteiger partial charge on any atom is -0.264 e. The monoisotopic (exact) mass is 799 g/mol. The van der Waals surface area contributed by atoms with Gasteiger partial charge in [-0.25, -0.2) is 9.97 Å². The molecule has 11 aromatic rings. The normalized spacial score (nSPS) is 14.7. The molecule has 0 N–H and O–H groups in total. The topological polar surface area (TPSA) is 38.7 Å². The molecular formula is C60H37N3. The first-order valence-electron chi connectivity index (χ1n) is 21.6. The van der Waals surface area contributed by atoms with Gasteiger partial charge in [0.1, 0.15) is 0 Å². The van der Waals surface area contributed by atoms with Gasteiger partial charge in [-0.1, -0.05) is 182 Å². The molecule has 2 aliphatic carbocycles. The fourth-order valence-electron chi connectivity index (χ4n) is 10.6. The van der Waals surface area contributed by atoms with Crippen molar-refractivity contribution < 1.29 is 0 Å². The van der Waals surface area contributed by atoms with E-state index in [2.05, 4.69) is 193 Å². The Balaban J connectivity index is 1.08. The van der Waals surface area contributed by atoms with E-state index in [1.807, 2.05) is 30.5 Å². The highest BCUT2D eigenvalue weighted by atomic mass is 14.9. The molecule has 1 unspecified atom stereocenters. The summed E-state index contributed by atoms with van der Waals surface area (Å²) in [6.07, 6.45) is 8.32. The Kier molecular flexibility index (Phi) is 7.82. The van der Waals surface area contributed by atoms with E-state index in [9.17, 15) is 0 Å². The number of nitrogens with zero attached hydrogens (tertiary/aromatic N) is 3. The Bertz CT molecular complexity index is 3670. The molecule has 2 heterocycles. The van der Waals surface area contributed by atoms with Crippen LogP contribution in [-0.2, 0) is 5.41 Å². The van der Waals surface area contributed by atoms with Gasteiger partial charge >= 0.3 is 0 Å². The number of pyridine rings is 1. The number of aromatic nitrogens is 3. The molecule has 3 heteroatoms. The first kappa shape index (κ1) is 35.5. The number of rotatable bonds is 4. The summed E-state index contributed by atoms with van der Waals surface area (Å²) < 4.78 is 0. The van der Waals surface area contributed by atoms with Gasteiger partial charge in [0.25, 0.3) is 0 Å². The Labute approximate surface area is 365 Å². The van der Waals surface area contributed by atoms with Gasteiger partial charge < -0.3 is 0 Å². The smallest absolute Gasteiger partial charge is 0.160 e. The highest BCUT2D eigenvalue weighted by molar-refractivity contribution is 6.26. The van der Waals surface area contributed by atoms with Crippen LogP contribution in [0.2, 0.25) is 0 Å². The van der Waals surface area contributed by atoms with E-state index in [1.54, 1.807) is 6.20 Å². The van der Waals surface area contributed by atoms with Crippen LogP contribution in [-0.4, -0.2) is 15.0 Å². The largest absolute Gasteiger partial charge is 0.264 e. The fraction of sp³-hybridized carbons (Fsp3) is 0.0167. The minimum absolute atomic E-state index is 0.626. The summed E-state index contributed by atoms with van der Waals surface area (Å²) in [6.45, 7) is 0. The molecule has 0 aliphatic heterocycles. The average molecular weight is 800 g/mol. The molecule has 0 saturated heterocycles. The maximum atomic E-state index is 5.35. The zero-order chi connectivity index (χ0) is 41.5. The molecule has 0 bridgehead atoms. The molecule has 1 spiro atoms. The van der Waals surface area contributed by atoms with Crippen molar-refractivity contribution >= 4 is 44.5 Å². The summed E-state index contributed by atoms with van der Waals surface area (Å²) in [7, 11) is 0. The van der Waals surface area contributed by atoms with Crippen LogP contribution in [0, 0.1) is 0 Å². The molecule has 3 nitrogen and oxygen atoms in total. The lowest BCUT2D eigenvalue weighted by Gasteiger charge is -2.35. The van der Waals surface area contributed by atoms with Gasteiger partial charge in [-0.05, 0) is 118 Å². The third kappa shape index (κ3) is 5.36.